The molecule has 0 aliphatic heterocycles. The van der Waals surface area contributed by atoms with Crippen LogP contribution in [-0.2, 0) is 0 Å². The molecule has 0 bridgehead atoms. The van der Waals surface area contributed by atoms with Gasteiger partial charge in [0.1, 0.15) is 0 Å². The number of hydrogen-bond donors (Lipinski definition) is 1. The van der Waals surface area contributed by atoms with E-state index in [1.165, 1.54) is 11.8 Å². The van der Waals surface area contributed by atoms with E-state index in [1.54, 1.807) is 7.05 Å². The highest BCUT2D eigenvalue weighted by molar-refractivity contribution is 8.14. The second kappa shape index (κ2) is 4.68. The molecule has 54 valence electrons. The van der Waals surface area contributed by atoms with Crippen LogP contribution >= 0.6 is 11.8 Å². The summed E-state index contributed by atoms with van der Waals surface area (Å²) in [5.41, 5.74) is 0. The van der Waals surface area contributed by atoms with Gasteiger partial charge in [-0.25, -0.2) is 0 Å². The maximum Gasteiger partial charge on any atom is 0.279 e. The average molecular weight is 147 g/mol. The molecule has 0 aliphatic rings. The zero-order valence-corrected chi connectivity index (χ0v) is 6.92. The Hall–Kier alpha value is -0.180. The Morgan fingerprint density at radius 1 is 1.78 bits per heavy atom. The Bertz CT molecular complexity index is 95.1. The number of nitrogens with one attached hydrogen (secondary N) is 1. The number of carbonyl (C=O) groups is 1. The van der Waals surface area contributed by atoms with Gasteiger partial charge in [-0.1, -0.05) is 25.6 Å². The monoisotopic (exact) mass is 147 g/mol. The summed E-state index contributed by atoms with van der Waals surface area (Å²) < 4.78 is 0. The van der Waals surface area contributed by atoms with Gasteiger partial charge in [0, 0.05) is 12.3 Å². The van der Waals surface area contributed by atoms with Crippen LogP contribution < -0.4 is 5.32 Å². The van der Waals surface area contributed by atoms with E-state index >= 15 is 0 Å². The molecular formula is C6H13NOS. The Kier molecular flexibility index (Phi) is 4.58. The zero-order chi connectivity index (χ0) is 7.28. The van der Waals surface area contributed by atoms with Crippen LogP contribution in [0, 0.1) is 0 Å². The van der Waals surface area contributed by atoms with Gasteiger partial charge in [0.05, 0.1) is 0 Å². The fraction of sp³-hybridized carbons (Fsp3) is 0.833. The minimum atomic E-state index is 0.0596. The van der Waals surface area contributed by atoms with Gasteiger partial charge in [0.2, 0.25) is 0 Å². The van der Waals surface area contributed by atoms with Crippen molar-refractivity contribution in [3.05, 3.63) is 0 Å². The maximum absolute atomic E-state index is 10.6. The van der Waals surface area contributed by atoms with Crippen molar-refractivity contribution in [2.24, 2.45) is 0 Å². The number of thioether (sulfide) groups is 1. The largest absolute Gasteiger partial charge is 0.350 e. The molecule has 1 N–H and O–H groups in total. The quantitative estimate of drug-likeness (QED) is 0.646. The highest BCUT2D eigenvalue weighted by atomic mass is 32.2. The van der Waals surface area contributed by atoms with E-state index in [1.807, 2.05) is 6.92 Å². The maximum atomic E-state index is 10.6. The van der Waals surface area contributed by atoms with Crippen LogP contribution in [0.15, 0.2) is 0 Å². The molecular weight excluding hydrogens is 134 g/mol. The fourth-order valence-electron chi connectivity index (χ4n) is 0.325. The highest BCUT2D eigenvalue weighted by Gasteiger charge is 2.03. The van der Waals surface area contributed by atoms with Gasteiger partial charge < -0.3 is 5.32 Å². The van der Waals surface area contributed by atoms with Crippen molar-refractivity contribution >= 4 is 17.0 Å². The van der Waals surface area contributed by atoms with E-state index in [2.05, 4.69) is 12.2 Å². The normalized spacial score (nSPS) is 12.8. The van der Waals surface area contributed by atoms with Crippen molar-refractivity contribution in [1.82, 2.24) is 5.32 Å². The summed E-state index contributed by atoms with van der Waals surface area (Å²) >= 11 is 1.35. The third-order valence-electron chi connectivity index (χ3n) is 1.09. The number of rotatable bonds is 2. The SMILES string of the molecule is CCC(C)SC(=O)NC. The molecule has 0 saturated carbocycles. The lowest BCUT2D eigenvalue weighted by atomic mass is 10.4. The van der Waals surface area contributed by atoms with Crippen molar-refractivity contribution in [2.75, 3.05) is 7.05 Å². The zero-order valence-electron chi connectivity index (χ0n) is 6.10. The van der Waals surface area contributed by atoms with Crippen LogP contribution in [0.5, 0.6) is 0 Å². The first-order chi connectivity index (χ1) is 4.20. The van der Waals surface area contributed by atoms with E-state index in [4.69, 9.17) is 0 Å². The number of amides is 1. The summed E-state index contributed by atoms with van der Waals surface area (Å²) in [5, 5.41) is 3.05. The Morgan fingerprint density at radius 3 is 2.67 bits per heavy atom. The van der Waals surface area contributed by atoms with Crippen molar-refractivity contribution in [3.8, 4) is 0 Å². The van der Waals surface area contributed by atoms with E-state index in [9.17, 15) is 4.79 Å². The van der Waals surface area contributed by atoms with Gasteiger partial charge in [-0.2, -0.15) is 0 Å². The lowest BCUT2D eigenvalue weighted by molar-refractivity contribution is 0.262. The molecule has 1 atom stereocenters. The van der Waals surface area contributed by atoms with Gasteiger partial charge >= 0.3 is 0 Å². The molecule has 0 radical (unpaired) electrons. The molecule has 0 aromatic rings. The first-order valence-electron chi connectivity index (χ1n) is 3.09. The molecule has 0 spiro atoms. The third-order valence-corrected chi connectivity index (χ3v) is 2.24. The van der Waals surface area contributed by atoms with E-state index in [0.717, 1.165) is 6.42 Å². The molecule has 1 amide bonds. The summed E-state index contributed by atoms with van der Waals surface area (Å²) in [5.74, 6) is 0. The van der Waals surface area contributed by atoms with E-state index < -0.39 is 0 Å². The predicted octanol–water partition coefficient (Wildman–Crippen LogP) is 1.86. The van der Waals surface area contributed by atoms with Gasteiger partial charge in [-0.3, -0.25) is 4.79 Å². The van der Waals surface area contributed by atoms with Crippen molar-refractivity contribution < 1.29 is 4.79 Å². The van der Waals surface area contributed by atoms with Crippen molar-refractivity contribution in [3.63, 3.8) is 0 Å². The summed E-state index contributed by atoms with van der Waals surface area (Å²) in [6, 6.07) is 0. The summed E-state index contributed by atoms with van der Waals surface area (Å²) in [7, 11) is 1.65. The van der Waals surface area contributed by atoms with Crippen LogP contribution in [0.4, 0.5) is 4.79 Å². The number of carbonyl (C=O) groups excluding carboxylic acids is 1. The first kappa shape index (κ1) is 8.82. The second-order valence-electron chi connectivity index (χ2n) is 1.87. The molecule has 0 fully saturated rings. The minimum Gasteiger partial charge on any atom is -0.350 e. The van der Waals surface area contributed by atoms with E-state index in [-0.39, 0.29) is 5.24 Å². The number of hydrogen-bond acceptors (Lipinski definition) is 2. The van der Waals surface area contributed by atoms with Gasteiger partial charge in [0.25, 0.3) is 5.24 Å². The summed E-state index contributed by atoms with van der Waals surface area (Å²) in [6.07, 6.45) is 1.04. The van der Waals surface area contributed by atoms with Gasteiger partial charge in [-0.15, -0.1) is 0 Å². The van der Waals surface area contributed by atoms with E-state index in [0.29, 0.717) is 5.25 Å². The standard InChI is InChI=1S/C6H13NOS/c1-4-5(2)9-6(8)7-3/h5H,4H2,1-3H3,(H,7,8). The first-order valence-corrected chi connectivity index (χ1v) is 3.97. The van der Waals surface area contributed by atoms with Crippen LogP contribution in [0.1, 0.15) is 20.3 Å². The molecule has 1 unspecified atom stereocenters. The Labute approximate surface area is 60.4 Å². The van der Waals surface area contributed by atoms with Crippen LogP contribution in [0.25, 0.3) is 0 Å². The van der Waals surface area contributed by atoms with Gasteiger partial charge in [0.15, 0.2) is 0 Å². The minimum absolute atomic E-state index is 0.0596. The fourth-order valence-corrected chi connectivity index (χ4v) is 0.975. The molecule has 9 heavy (non-hydrogen) atoms. The van der Waals surface area contributed by atoms with Crippen molar-refractivity contribution in [2.45, 2.75) is 25.5 Å². The topological polar surface area (TPSA) is 29.1 Å². The molecule has 0 heterocycles. The molecule has 2 nitrogen and oxygen atoms in total. The summed E-state index contributed by atoms with van der Waals surface area (Å²) in [4.78, 5) is 10.6. The molecule has 0 saturated heterocycles. The molecule has 3 heteroatoms. The Morgan fingerprint density at radius 2 is 2.33 bits per heavy atom. The highest BCUT2D eigenvalue weighted by Crippen LogP contribution is 2.12. The van der Waals surface area contributed by atoms with Gasteiger partial charge in [-0.05, 0) is 6.42 Å². The predicted molar refractivity (Wildman–Crippen MR) is 41.8 cm³/mol. The third kappa shape index (κ3) is 4.33. The average Bonchev–Trinajstić information content (AvgIpc) is 1.87. The molecule has 0 aromatic carbocycles. The van der Waals surface area contributed by atoms with Crippen LogP contribution in [0.2, 0.25) is 0 Å². The smallest absolute Gasteiger partial charge is 0.279 e. The lowest BCUT2D eigenvalue weighted by Gasteiger charge is -2.04. The molecule has 0 aliphatic carbocycles. The van der Waals surface area contributed by atoms with Crippen LogP contribution in [-0.4, -0.2) is 17.5 Å². The molecule has 0 rings (SSSR count). The van der Waals surface area contributed by atoms with Crippen molar-refractivity contribution in [1.29, 1.82) is 0 Å². The molecule has 0 aromatic heterocycles. The second-order valence-corrected chi connectivity index (χ2v) is 3.29. The lowest BCUT2D eigenvalue weighted by Crippen LogP contribution is -2.14. The van der Waals surface area contributed by atoms with Crippen LogP contribution in [0.3, 0.4) is 0 Å². The Balaban J connectivity index is 3.34. The summed E-state index contributed by atoms with van der Waals surface area (Å²) in [6.45, 7) is 4.11.